The lowest BCUT2D eigenvalue weighted by Gasteiger charge is -2.29. The molecule has 0 saturated carbocycles. The first-order chi connectivity index (χ1) is 10.1. The summed E-state index contributed by atoms with van der Waals surface area (Å²) in [5.74, 6) is 1.63. The molecule has 2 heterocycles. The number of thiazole rings is 1. The van der Waals surface area contributed by atoms with Gasteiger partial charge in [0.05, 0.1) is 12.2 Å². The molecule has 2 rings (SSSR count). The Kier molecular flexibility index (Phi) is 5.99. The van der Waals surface area contributed by atoms with E-state index in [-0.39, 0.29) is 0 Å². The van der Waals surface area contributed by atoms with E-state index in [1.807, 2.05) is 7.05 Å². The fourth-order valence-electron chi connectivity index (χ4n) is 2.50. The van der Waals surface area contributed by atoms with Gasteiger partial charge in [-0.3, -0.25) is 4.99 Å². The Bertz CT molecular complexity index is 455. The second-order valence-corrected chi connectivity index (χ2v) is 7.09. The van der Waals surface area contributed by atoms with Crippen LogP contribution in [-0.4, -0.2) is 49.6 Å². The lowest BCUT2D eigenvalue weighted by atomic mass is 9.97. The van der Waals surface area contributed by atoms with Gasteiger partial charge in [0, 0.05) is 18.5 Å². The highest BCUT2D eigenvalue weighted by molar-refractivity contribution is 7.11. The zero-order chi connectivity index (χ0) is 15.2. The molecule has 1 aliphatic rings. The average Bonchev–Trinajstić information content (AvgIpc) is 2.80. The van der Waals surface area contributed by atoms with Crippen LogP contribution < -0.4 is 10.6 Å². The van der Waals surface area contributed by atoms with E-state index in [0.29, 0.717) is 0 Å². The Balaban J connectivity index is 1.73. The summed E-state index contributed by atoms with van der Waals surface area (Å²) >= 11 is 1.75. The summed E-state index contributed by atoms with van der Waals surface area (Å²) in [6.45, 7) is 8.33. The SMILES string of the molecule is CN=C(NCc1nc(C)c(C)s1)NCC1CCN(C)CC1. The third kappa shape index (κ3) is 4.97. The third-order valence-electron chi connectivity index (χ3n) is 4.10. The van der Waals surface area contributed by atoms with E-state index in [1.165, 1.54) is 30.8 Å². The first-order valence-electron chi connectivity index (χ1n) is 7.64. The van der Waals surface area contributed by atoms with Crippen LogP contribution >= 0.6 is 11.3 Å². The van der Waals surface area contributed by atoms with Gasteiger partial charge < -0.3 is 15.5 Å². The molecular formula is C15H27N5S. The molecule has 0 aromatic carbocycles. The standard InChI is InChI=1S/C15H27N5S/c1-11-12(2)21-14(19-11)10-18-15(16-3)17-9-13-5-7-20(4)8-6-13/h13H,5-10H2,1-4H3,(H2,16,17,18). The van der Waals surface area contributed by atoms with Gasteiger partial charge in [-0.05, 0) is 52.7 Å². The first-order valence-corrected chi connectivity index (χ1v) is 8.46. The topological polar surface area (TPSA) is 52.6 Å². The summed E-state index contributed by atoms with van der Waals surface area (Å²) in [6.07, 6.45) is 2.54. The molecule has 5 nitrogen and oxygen atoms in total. The van der Waals surface area contributed by atoms with E-state index < -0.39 is 0 Å². The van der Waals surface area contributed by atoms with E-state index in [9.17, 15) is 0 Å². The van der Waals surface area contributed by atoms with Crippen LogP contribution in [0.5, 0.6) is 0 Å². The van der Waals surface area contributed by atoms with Gasteiger partial charge in [-0.15, -0.1) is 11.3 Å². The molecule has 1 aromatic heterocycles. The van der Waals surface area contributed by atoms with Crippen molar-refractivity contribution in [2.45, 2.75) is 33.2 Å². The molecule has 0 atom stereocenters. The summed E-state index contributed by atoms with van der Waals surface area (Å²) < 4.78 is 0. The predicted molar refractivity (Wildman–Crippen MR) is 90.0 cm³/mol. The Morgan fingerprint density at radius 1 is 1.33 bits per heavy atom. The summed E-state index contributed by atoms with van der Waals surface area (Å²) in [7, 11) is 4.02. The number of hydrogen-bond acceptors (Lipinski definition) is 4. The number of aromatic nitrogens is 1. The van der Waals surface area contributed by atoms with Crippen LogP contribution in [0.2, 0.25) is 0 Å². The minimum absolute atomic E-state index is 0.742. The van der Waals surface area contributed by atoms with Crippen LogP contribution in [0.15, 0.2) is 4.99 Å². The van der Waals surface area contributed by atoms with Gasteiger partial charge in [-0.2, -0.15) is 0 Å². The van der Waals surface area contributed by atoms with Crippen molar-refractivity contribution in [3.8, 4) is 0 Å². The van der Waals surface area contributed by atoms with Crippen LogP contribution in [0.25, 0.3) is 0 Å². The van der Waals surface area contributed by atoms with Gasteiger partial charge in [0.1, 0.15) is 5.01 Å². The lowest BCUT2D eigenvalue weighted by molar-refractivity contribution is 0.220. The molecular weight excluding hydrogens is 282 g/mol. The molecule has 0 bridgehead atoms. The van der Waals surface area contributed by atoms with Crippen molar-refractivity contribution in [1.82, 2.24) is 20.5 Å². The number of guanidine groups is 1. The maximum Gasteiger partial charge on any atom is 0.191 e. The molecule has 0 spiro atoms. The van der Waals surface area contributed by atoms with Crippen LogP contribution in [-0.2, 0) is 6.54 Å². The number of rotatable bonds is 4. The summed E-state index contributed by atoms with van der Waals surface area (Å²) in [5, 5.41) is 7.91. The number of hydrogen-bond donors (Lipinski definition) is 2. The predicted octanol–water partition coefficient (Wildman–Crippen LogP) is 1.77. The monoisotopic (exact) mass is 309 g/mol. The van der Waals surface area contributed by atoms with Crippen molar-refractivity contribution in [3.63, 3.8) is 0 Å². The Labute approximate surface area is 131 Å². The Morgan fingerprint density at radius 3 is 2.62 bits per heavy atom. The van der Waals surface area contributed by atoms with Gasteiger partial charge in [-0.25, -0.2) is 4.98 Å². The quantitative estimate of drug-likeness (QED) is 0.657. The highest BCUT2D eigenvalue weighted by Gasteiger charge is 2.16. The van der Waals surface area contributed by atoms with Crippen LogP contribution in [0.3, 0.4) is 0 Å². The maximum atomic E-state index is 4.54. The van der Waals surface area contributed by atoms with Gasteiger partial charge in [0.25, 0.3) is 0 Å². The minimum atomic E-state index is 0.742. The van der Waals surface area contributed by atoms with Crippen LogP contribution in [0, 0.1) is 19.8 Å². The van der Waals surface area contributed by atoms with E-state index >= 15 is 0 Å². The van der Waals surface area contributed by atoms with Gasteiger partial charge in [-0.1, -0.05) is 0 Å². The van der Waals surface area contributed by atoms with Crippen LogP contribution in [0.1, 0.15) is 28.4 Å². The van der Waals surface area contributed by atoms with Crippen molar-refractivity contribution < 1.29 is 0 Å². The first kappa shape index (κ1) is 16.2. The number of piperidine rings is 1. The lowest BCUT2D eigenvalue weighted by Crippen LogP contribution is -2.41. The van der Waals surface area contributed by atoms with Crippen molar-refractivity contribution >= 4 is 17.3 Å². The molecule has 0 amide bonds. The normalized spacial score (nSPS) is 18.0. The molecule has 1 fully saturated rings. The Hall–Kier alpha value is -1.14. The second-order valence-electron chi connectivity index (χ2n) is 5.80. The third-order valence-corrected chi connectivity index (χ3v) is 5.17. The molecule has 21 heavy (non-hydrogen) atoms. The second kappa shape index (κ2) is 7.75. The fraction of sp³-hybridized carbons (Fsp3) is 0.733. The van der Waals surface area contributed by atoms with Crippen molar-refractivity contribution in [2.75, 3.05) is 33.7 Å². The molecule has 118 valence electrons. The van der Waals surface area contributed by atoms with Crippen LogP contribution in [0.4, 0.5) is 0 Å². The van der Waals surface area contributed by atoms with E-state index in [1.54, 1.807) is 11.3 Å². The van der Waals surface area contributed by atoms with Gasteiger partial charge >= 0.3 is 0 Å². The highest BCUT2D eigenvalue weighted by Crippen LogP contribution is 2.16. The molecule has 6 heteroatoms. The largest absolute Gasteiger partial charge is 0.356 e. The number of aryl methyl sites for hydroxylation is 2. The average molecular weight is 309 g/mol. The van der Waals surface area contributed by atoms with Crippen molar-refractivity contribution in [3.05, 3.63) is 15.6 Å². The molecule has 2 N–H and O–H groups in total. The van der Waals surface area contributed by atoms with E-state index in [0.717, 1.165) is 35.7 Å². The number of nitrogens with one attached hydrogen (secondary N) is 2. The van der Waals surface area contributed by atoms with E-state index in [2.05, 4.69) is 46.4 Å². The molecule has 0 unspecified atom stereocenters. The maximum absolute atomic E-state index is 4.54. The zero-order valence-electron chi connectivity index (χ0n) is 13.6. The summed E-state index contributed by atoms with van der Waals surface area (Å²) in [5.41, 5.74) is 1.13. The van der Waals surface area contributed by atoms with Crippen molar-refractivity contribution in [1.29, 1.82) is 0 Å². The Morgan fingerprint density at radius 2 is 2.05 bits per heavy atom. The molecule has 1 aliphatic heterocycles. The van der Waals surface area contributed by atoms with Crippen molar-refractivity contribution in [2.24, 2.45) is 10.9 Å². The zero-order valence-corrected chi connectivity index (χ0v) is 14.4. The smallest absolute Gasteiger partial charge is 0.191 e. The van der Waals surface area contributed by atoms with Gasteiger partial charge in [0.15, 0.2) is 5.96 Å². The highest BCUT2D eigenvalue weighted by atomic mass is 32.1. The minimum Gasteiger partial charge on any atom is -0.356 e. The number of nitrogens with zero attached hydrogens (tertiary/aromatic N) is 3. The number of aliphatic imine (C=N–C) groups is 1. The van der Waals surface area contributed by atoms with E-state index in [4.69, 9.17) is 0 Å². The number of likely N-dealkylation sites (tertiary alicyclic amines) is 1. The summed E-state index contributed by atoms with van der Waals surface area (Å²) in [4.78, 5) is 12.5. The molecule has 1 saturated heterocycles. The molecule has 0 aliphatic carbocycles. The molecule has 0 radical (unpaired) electrons. The fourth-order valence-corrected chi connectivity index (χ4v) is 3.38. The van der Waals surface area contributed by atoms with Gasteiger partial charge in [0.2, 0.25) is 0 Å². The molecule has 1 aromatic rings. The summed E-state index contributed by atoms with van der Waals surface area (Å²) in [6, 6.07) is 0.